The number of carbonyl (C=O) groups is 2. The summed E-state index contributed by atoms with van der Waals surface area (Å²) >= 11 is 0. The molecule has 146 valence electrons. The molecule has 2 aliphatic heterocycles. The number of carbonyl (C=O) groups excluding carboxylic acids is 2. The third kappa shape index (κ3) is 3.00. The monoisotopic (exact) mass is 385 g/mol. The van der Waals surface area contributed by atoms with E-state index in [1.165, 1.54) is 0 Å². The van der Waals surface area contributed by atoms with E-state index < -0.39 is 23.2 Å². The maximum atomic E-state index is 13.4. The van der Waals surface area contributed by atoms with Crippen LogP contribution in [0.25, 0.3) is 0 Å². The van der Waals surface area contributed by atoms with E-state index in [1.807, 2.05) is 32.2 Å². The van der Waals surface area contributed by atoms with Gasteiger partial charge in [-0.2, -0.15) is 0 Å². The van der Waals surface area contributed by atoms with Gasteiger partial charge < -0.3 is 15.1 Å². The maximum absolute atomic E-state index is 13.4. The van der Waals surface area contributed by atoms with Gasteiger partial charge in [0, 0.05) is 44.6 Å². The average Bonchev–Trinajstić information content (AvgIpc) is 2.65. The predicted molar refractivity (Wildman–Crippen MR) is 101 cm³/mol. The SMILES string of the molecule is Cc1ccc2c(c1)C(=O)NC1(CCN(C(=O)c3cc(F)cc(F)c3)CC1)N2C. The molecule has 1 N–H and O–H groups in total. The molecule has 0 unspecified atom stereocenters. The van der Waals surface area contributed by atoms with Crippen molar-refractivity contribution in [3.63, 3.8) is 0 Å². The highest BCUT2D eigenvalue weighted by molar-refractivity contribution is 6.02. The first kappa shape index (κ1) is 18.4. The van der Waals surface area contributed by atoms with Crippen LogP contribution in [0.5, 0.6) is 0 Å². The van der Waals surface area contributed by atoms with Crippen LogP contribution in [-0.2, 0) is 0 Å². The summed E-state index contributed by atoms with van der Waals surface area (Å²) in [6, 6.07) is 8.61. The summed E-state index contributed by atoms with van der Waals surface area (Å²) in [5.41, 5.74) is 1.93. The minimum Gasteiger partial charge on any atom is -0.351 e. The molecule has 1 saturated heterocycles. The molecule has 1 spiro atoms. The van der Waals surface area contributed by atoms with Gasteiger partial charge in [0.15, 0.2) is 0 Å². The van der Waals surface area contributed by atoms with E-state index in [0.29, 0.717) is 31.5 Å². The first-order chi connectivity index (χ1) is 13.3. The Labute approximate surface area is 161 Å². The molecule has 28 heavy (non-hydrogen) atoms. The largest absolute Gasteiger partial charge is 0.351 e. The molecule has 0 bridgehead atoms. The van der Waals surface area contributed by atoms with E-state index in [9.17, 15) is 18.4 Å². The topological polar surface area (TPSA) is 52.7 Å². The van der Waals surface area contributed by atoms with Gasteiger partial charge >= 0.3 is 0 Å². The molecule has 0 radical (unpaired) electrons. The van der Waals surface area contributed by atoms with Crippen molar-refractivity contribution in [3.05, 3.63) is 64.7 Å². The van der Waals surface area contributed by atoms with E-state index in [2.05, 4.69) is 10.2 Å². The van der Waals surface area contributed by atoms with Gasteiger partial charge in [-0.25, -0.2) is 8.78 Å². The number of likely N-dealkylation sites (tertiary alicyclic amines) is 1. The molecular formula is C21H21F2N3O2. The first-order valence-electron chi connectivity index (χ1n) is 9.21. The lowest BCUT2D eigenvalue weighted by Crippen LogP contribution is -2.67. The van der Waals surface area contributed by atoms with Gasteiger partial charge in [-0.3, -0.25) is 9.59 Å². The Hall–Kier alpha value is -2.96. The van der Waals surface area contributed by atoms with Crippen LogP contribution in [0.4, 0.5) is 14.5 Å². The van der Waals surface area contributed by atoms with Crippen LogP contribution in [0.15, 0.2) is 36.4 Å². The molecule has 2 aromatic rings. The van der Waals surface area contributed by atoms with Crippen molar-refractivity contribution >= 4 is 17.5 Å². The lowest BCUT2D eigenvalue weighted by molar-refractivity contribution is 0.0608. The second-order valence-corrected chi connectivity index (χ2v) is 7.52. The van der Waals surface area contributed by atoms with E-state index in [-0.39, 0.29) is 11.5 Å². The van der Waals surface area contributed by atoms with E-state index in [1.54, 1.807) is 4.90 Å². The number of piperidine rings is 1. The summed E-state index contributed by atoms with van der Waals surface area (Å²) in [4.78, 5) is 29.0. The van der Waals surface area contributed by atoms with Crippen LogP contribution in [0.1, 0.15) is 39.1 Å². The lowest BCUT2D eigenvalue weighted by atomic mass is 9.90. The summed E-state index contributed by atoms with van der Waals surface area (Å²) in [5, 5.41) is 3.11. The molecule has 2 aliphatic rings. The fourth-order valence-corrected chi connectivity index (χ4v) is 4.12. The Morgan fingerprint density at radius 2 is 1.71 bits per heavy atom. The van der Waals surface area contributed by atoms with Crippen molar-refractivity contribution in [1.29, 1.82) is 0 Å². The molecule has 5 nitrogen and oxygen atoms in total. The minimum atomic E-state index is -0.775. The summed E-state index contributed by atoms with van der Waals surface area (Å²) in [7, 11) is 1.94. The number of benzene rings is 2. The zero-order chi connectivity index (χ0) is 20.1. The maximum Gasteiger partial charge on any atom is 0.255 e. The van der Waals surface area contributed by atoms with E-state index in [4.69, 9.17) is 0 Å². The Morgan fingerprint density at radius 1 is 1.07 bits per heavy atom. The van der Waals surface area contributed by atoms with Gasteiger partial charge in [0.1, 0.15) is 17.3 Å². The quantitative estimate of drug-likeness (QED) is 0.821. The molecule has 2 heterocycles. The number of nitrogens with one attached hydrogen (secondary N) is 1. The van der Waals surface area contributed by atoms with Crippen LogP contribution < -0.4 is 10.2 Å². The van der Waals surface area contributed by atoms with Gasteiger partial charge in [0.05, 0.1) is 11.3 Å². The molecule has 7 heteroatoms. The summed E-state index contributed by atoms with van der Waals surface area (Å²) in [6.45, 7) is 2.70. The van der Waals surface area contributed by atoms with Crippen molar-refractivity contribution in [3.8, 4) is 0 Å². The number of anilines is 1. The fraction of sp³-hybridized carbons (Fsp3) is 0.333. The summed E-state index contributed by atoms with van der Waals surface area (Å²) < 4.78 is 26.9. The van der Waals surface area contributed by atoms with E-state index >= 15 is 0 Å². The zero-order valence-electron chi connectivity index (χ0n) is 15.8. The molecule has 0 aromatic heterocycles. The van der Waals surface area contributed by atoms with Crippen LogP contribution in [0.2, 0.25) is 0 Å². The second kappa shape index (κ2) is 6.58. The van der Waals surface area contributed by atoms with Crippen molar-refractivity contribution in [2.75, 3.05) is 25.0 Å². The number of rotatable bonds is 1. The third-order valence-corrected chi connectivity index (χ3v) is 5.73. The molecule has 2 amide bonds. The molecule has 0 aliphatic carbocycles. The third-order valence-electron chi connectivity index (χ3n) is 5.73. The number of halogens is 2. The zero-order valence-corrected chi connectivity index (χ0v) is 15.8. The van der Waals surface area contributed by atoms with Gasteiger partial charge in [-0.05, 0) is 31.2 Å². The lowest BCUT2D eigenvalue weighted by Gasteiger charge is -2.51. The molecular weight excluding hydrogens is 364 g/mol. The van der Waals surface area contributed by atoms with Gasteiger partial charge in [-0.15, -0.1) is 0 Å². The highest BCUT2D eigenvalue weighted by atomic mass is 19.1. The van der Waals surface area contributed by atoms with Gasteiger partial charge in [-0.1, -0.05) is 11.6 Å². The van der Waals surface area contributed by atoms with Crippen molar-refractivity contribution in [2.45, 2.75) is 25.4 Å². The molecule has 0 saturated carbocycles. The Kier molecular flexibility index (Phi) is 4.33. The van der Waals surface area contributed by atoms with Crippen LogP contribution >= 0.6 is 0 Å². The Bertz CT molecular complexity index is 948. The standard InChI is InChI=1S/C21H21F2N3O2/c1-13-3-4-18-17(9-13)19(27)24-21(25(18)2)5-7-26(8-6-21)20(28)14-10-15(22)12-16(23)11-14/h3-4,9-12H,5-8H2,1-2H3,(H,24,27). The summed E-state index contributed by atoms with van der Waals surface area (Å²) in [5.74, 6) is -2.08. The van der Waals surface area contributed by atoms with E-state index in [0.717, 1.165) is 29.4 Å². The van der Waals surface area contributed by atoms with Crippen molar-refractivity contribution < 1.29 is 18.4 Å². The predicted octanol–water partition coefficient (Wildman–Crippen LogP) is 3.09. The molecule has 4 rings (SSSR count). The van der Waals surface area contributed by atoms with Gasteiger partial charge in [0.25, 0.3) is 11.8 Å². The highest BCUT2D eigenvalue weighted by Gasteiger charge is 2.44. The number of nitrogens with zero attached hydrogens (tertiary/aromatic N) is 2. The van der Waals surface area contributed by atoms with Crippen LogP contribution in [0, 0.1) is 18.6 Å². The molecule has 2 aromatic carbocycles. The van der Waals surface area contributed by atoms with Crippen LogP contribution in [-0.4, -0.2) is 42.5 Å². The number of amides is 2. The molecule has 0 atom stereocenters. The van der Waals surface area contributed by atoms with Crippen LogP contribution in [0.3, 0.4) is 0 Å². The number of aryl methyl sites for hydroxylation is 1. The van der Waals surface area contributed by atoms with Gasteiger partial charge in [0.2, 0.25) is 0 Å². The number of hydrogen-bond acceptors (Lipinski definition) is 3. The minimum absolute atomic E-state index is 0.00435. The number of fused-ring (bicyclic) bond motifs is 1. The van der Waals surface area contributed by atoms with Crippen molar-refractivity contribution in [1.82, 2.24) is 10.2 Å². The first-order valence-corrected chi connectivity index (χ1v) is 9.21. The molecule has 1 fully saturated rings. The smallest absolute Gasteiger partial charge is 0.255 e. The highest BCUT2D eigenvalue weighted by Crippen LogP contribution is 2.36. The number of hydrogen-bond donors (Lipinski definition) is 1. The second-order valence-electron chi connectivity index (χ2n) is 7.52. The normalized spacial score (nSPS) is 18.1. The summed E-state index contributed by atoms with van der Waals surface area (Å²) in [6.07, 6.45) is 1.04. The Morgan fingerprint density at radius 3 is 2.36 bits per heavy atom. The van der Waals surface area contributed by atoms with Crippen molar-refractivity contribution in [2.24, 2.45) is 0 Å². The Balaban J connectivity index is 1.54. The average molecular weight is 385 g/mol. The fourth-order valence-electron chi connectivity index (χ4n) is 4.12.